The van der Waals surface area contributed by atoms with Crippen molar-refractivity contribution in [3.8, 4) is 0 Å². The lowest BCUT2D eigenvalue weighted by Crippen LogP contribution is -2.16. The highest BCUT2D eigenvalue weighted by Gasteiger charge is 2.19. The third-order valence-corrected chi connectivity index (χ3v) is 3.52. The van der Waals surface area contributed by atoms with Gasteiger partial charge >= 0.3 is 0 Å². The zero-order valence-corrected chi connectivity index (χ0v) is 10.4. The summed E-state index contributed by atoms with van der Waals surface area (Å²) < 4.78 is 0. The van der Waals surface area contributed by atoms with E-state index in [4.69, 9.17) is 5.11 Å². The number of rotatable bonds is 2. The summed E-state index contributed by atoms with van der Waals surface area (Å²) >= 11 is 0. The minimum Gasteiger partial charge on any atom is -0.392 e. The van der Waals surface area contributed by atoms with Gasteiger partial charge in [0.25, 0.3) is 0 Å². The van der Waals surface area contributed by atoms with E-state index in [1.165, 1.54) is 11.1 Å². The van der Waals surface area contributed by atoms with E-state index < -0.39 is 0 Å². The number of aromatic nitrogens is 1. The number of fused-ring (bicyclic) bond motifs is 1. The molecule has 0 fully saturated rings. The van der Waals surface area contributed by atoms with Gasteiger partial charge in [-0.2, -0.15) is 0 Å². The van der Waals surface area contributed by atoms with Crippen LogP contribution in [0.2, 0.25) is 0 Å². The van der Waals surface area contributed by atoms with E-state index in [0.717, 1.165) is 30.2 Å². The summed E-state index contributed by atoms with van der Waals surface area (Å²) in [7, 11) is 0. The van der Waals surface area contributed by atoms with Gasteiger partial charge in [0, 0.05) is 18.8 Å². The monoisotopic (exact) mass is 240 g/mol. The second kappa shape index (κ2) is 4.42. The van der Waals surface area contributed by atoms with Gasteiger partial charge in [0.2, 0.25) is 0 Å². The lowest BCUT2D eigenvalue weighted by Gasteiger charge is -2.17. The van der Waals surface area contributed by atoms with Gasteiger partial charge in [0.1, 0.15) is 5.82 Å². The fourth-order valence-electron chi connectivity index (χ4n) is 2.42. The number of nitrogens with zero attached hydrogens (tertiary/aromatic N) is 2. The normalized spacial score (nSPS) is 13.8. The number of aliphatic hydroxyl groups excluding tert-OH is 1. The molecule has 92 valence electrons. The summed E-state index contributed by atoms with van der Waals surface area (Å²) in [6.07, 6.45) is 0. The highest BCUT2D eigenvalue weighted by atomic mass is 16.3. The molecular formula is C15H16N2O. The van der Waals surface area contributed by atoms with Gasteiger partial charge in [-0.1, -0.05) is 30.3 Å². The fourth-order valence-corrected chi connectivity index (χ4v) is 2.42. The van der Waals surface area contributed by atoms with E-state index in [2.05, 4.69) is 34.1 Å². The molecule has 0 atom stereocenters. The number of benzene rings is 1. The maximum absolute atomic E-state index is 9.16. The van der Waals surface area contributed by atoms with E-state index >= 15 is 0 Å². The highest BCUT2D eigenvalue weighted by molar-refractivity contribution is 5.48. The van der Waals surface area contributed by atoms with Crippen LogP contribution in [0.4, 0.5) is 5.82 Å². The van der Waals surface area contributed by atoms with Crippen LogP contribution in [0.15, 0.2) is 36.4 Å². The second-order valence-electron chi connectivity index (χ2n) is 4.70. The number of pyridine rings is 1. The van der Waals surface area contributed by atoms with Crippen molar-refractivity contribution in [1.82, 2.24) is 4.98 Å². The van der Waals surface area contributed by atoms with Crippen LogP contribution < -0.4 is 4.90 Å². The summed E-state index contributed by atoms with van der Waals surface area (Å²) in [5.74, 6) is 0.987. The Morgan fingerprint density at radius 1 is 1.11 bits per heavy atom. The maximum atomic E-state index is 9.16. The van der Waals surface area contributed by atoms with Gasteiger partial charge in [0.05, 0.1) is 6.61 Å². The summed E-state index contributed by atoms with van der Waals surface area (Å²) in [4.78, 5) is 6.84. The lowest BCUT2D eigenvalue weighted by molar-refractivity contribution is 0.280. The molecule has 2 heterocycles. The summed E-state index contributed by atoms with van der Waals surface area (Å²) in [6.45, 7) is 3.83. The zero-order chi connectivity index (χ0) is 12.5. The van der Waals surface area contributed by atoms with Crippen LogP contribution in [-0.4, -0.2) is 10.1 Å². The molecule has 1 aromatic heterocycles. The maximum Gasteiger partial charge on any atom is 0.129 e. The first-order valence-electron chi connectivity index (χ1n) is 6.17. The topological polar surface area (TPSA) is 36.4 Å². The van der Waals surface area contributed by atoms with Crippen LogP contribution in [0.3, 0.4) is 0 Å². The van der Waals surface area contributed by atoms with Crippen LogP contribution in [-0.2, 0) is 19.7 Å². The van der Waals surface area contributed by atoms with E-state index in [0.29, 0.717) is 0 Å². The molecule has 0 amide bonds. The molecule has 0 saturated heterocycles. The molecule has 3 heteroatoms. The van der Waals surface area contributed by atoms with Gasteiger partial charge in [-0.15, -0.1) is 0 Å². The van der Waals surface area contributed by atoms with Crippen molar-refractivity contribution in [3.05, 3.63) is 58.8 Å². The fraction of sp³-hybridized carbons (Fsp3) is 0.267. The predicted octanol–water partition coefficient (Wildman–Crippen LogP) is 2.40. The number of aryl methyl sites for hydroxylation is 1. The third kappa shape index (κ3) is 1.87. The molecule has 3 nitrogen and oxygen atoms in total. The standard InChI is InChI=1S/C15H16N2O/c1-11-14(10-18)6-7-15(16-11)17-8-12-4-2-3-5-13(12)9-17/h2-7,18H,8-10H2,1H3. The third-order valence-electron chi connectivity index (χ3n) is 3.52. The van der Waals surface area contributed by atoms with Crippen molar-refractivity contribution in [1.29, 1.82) is 0 Å². The van der Waals surface area contributed by atoms with Crippen molar-refractivity contribution in [3.63, 3.8) is 0 Å². The van der Waals surface area contributed by atoms with Gasteiger partial charge in [-0.3, -0.25) is 0 Å². The van der Waals surface area contributed by atoms with Crippen molar-refractivity contribution >= 4 is 5.82 Å². The van der Waals surface area contributed by atoms with Crippen LogP contribution in [0.25, 0.3) is 0 Å². The SMILES string of the molecule is Cc1nc(N2Cc3ccccc3C2)ccc1CO. The largest absolute Gasteiger partial charge is 0.392 e. The summed E-state index contributed by atoms with van der Waals surface area (Å²) in [5, 5.41) is 9.16. The molecule has 2 aromatic rings. The van der Waals surface area contributed by atoms with Gasteiger partial charge in [-0.05, 0) is 29.7 Å². The molecule has 0 saturated carbocycles. The minimum absolute atomic E-state index is 0.0549. The first kappa shape index (κ1) is 11.2. The first-order chi connectivity index (χ1) is 8.78. The van der Waals surface area contributed by atoms with Crippen LogP contribution >= 0.6 is 0 Å². The molecule has 1 aliphatic rings. The zero-order valence-electron chi connectivity index (χ0n) is 10.4. The molecule has 1 aromatic carbocycles. The van der Waals surface area contributed by atoms with Crippen molar-refractivity contribution in [2.24, 2.45) is 0 Å². The van der Waals surface area contributed by atoms with E-state index in [1.54, 1.807) is 0 Å². The Morgan fingerprint density at radius 2 is 1.78 bits per heavy atom. The molecule has 0 aliphatic carbocycles. The molecule has 0 spiro atoms. The van der Waals surface area contributed by atoms with Crippen molar-refractivity contribution in [2.45, 2.75) is 26.6 Å². The number of hydrogen-bond donors (Lipinski definition) is 1. The summed E-state index contributed by atoms with van der Waals surface area (Å²) in [6, 6.07) is 12.4. The molecule has 18 heavy (non-hydrogen) atoms. The molecule has 1 aliphatic heterocycles. The second-order valence-corrected chi connectivity index (χ2v) is 4.70. The first-order valence-corrected chi connectivity index (χ1v) is 6.17. The van der Waals surface area contributed by atoms with Crippen molar-refractivity contribution < 1.29 is 5.11 Å². The molecule has 0 radical (unpaired) electrons. The Labute approximate surface area is 107 Å². The molecule has 0 bridgehead atoms. The molecule has 3 rings (SSSR count). The van der Waals surface area contributed by atoms with Gasteiger partial charge < -0.3 is 10.0 Å². The Bertz CT molecular complexity index is 555. The van der Waals surface area contributed by atoms with Crippen LogP contribution in [0, 0.1) is 6.92 Å². The van der Waals surface area contributed by atoms with Crippen LogP contribution in [0.5, 0.6) is 0 Å². The number of hydrogen-bond acceptors (Lipinski definition) is 3. The van der Waals surface area contributed by atoms with E-state index in [-0.39, 0.29) is 6.61 Å². The Kier molecular flexibility index (Phi) is 2.76. The Morgan fingerprint density at radius 3 is 2.33 bits per heavy atom. The Balaban J connectivity index is 1.88. The molecule has 0 unspecified atom stereocenters. The average molecular weight is 240 g/mol. The molecular weight excluding hydrogens is 224 g/mol. The predicted molar refractivity (Wildman–Crippen MR) is 71.2 cm³/mol. The summed E-state index contributed by atoms with van der Waals surface area (Å²) in [5.41, 5.74) is 4.56. The van der Waals surface area contributed by atoms with Gasteiger partial charge in [-0.25, -0.2) is 4.98 Å². The molecule has 1 N–H and O–H groups in total. The van der Waals surface area contributed by atoms with Crippen molar-refractivity contribution in [2.75, 3.05) is 4.90 Å². The Hall–Kier alpha value is -1.87. The lowest BCUT2D eigenvalue weighted by atomic mass is 10.1. The van der Waals surface area contributed by atoms with E-state index in [9.17, 15) is 0 Å². The minimum atomic E-state index is 0.0549. The quantitative estimate of drug-likeness (QED) is 0.875. The van der Waals surface area contributed by atoms with Crippen LogP contribution in [0.1, 0.15) is 22.4 Å². The average Bonchev–Trinajstić information content (AvgIpc) is 2.82. The number of anilines is 1. The number of aliphatic hydroxyl groups is 1. The van der Waals surface area contributed by atoms with Gasteiger partial charge in [0.15, 0.2) is 0 Å². The smallest absolute Gasteiger partial charge is 0.129 e. The highest BCUT2D eigenvalue weighted by Crippen LogP contribution is 2.27. The van der Waals surface area contributed by atoms with E-state index in [1.807, 2.05) is 19.1 Å².